The molecule has 0 saturated carbocycles. The second kappa shape index (κ2) is 7.36. The fraction of sp³-hybridized carbons (Fsp3) is 0.316. The molecular formula is C19H21F2NO. The van der Waals surface area contributed by atoms with Crippen LogP contribution in [0.1, 0.15) is 31.4 Å². The van der Waals surface area contributed by atoms with Gasteiger partial charge in [0.05, 0.1) is 6.54 Å². The van der Waals surface area contributed by atoms with Crippen LogP contribution in [0.4, 0.5) is 14.5 Å². The SMILES string of the molecule is Cc1ccc(CN(C(=O)CC(C)C)c2cccc(F)c2)c(F)c1. The normalized spacial score (nSPS) is 10.9. The molecule has 0 spiro atoms. The average molecular weight is 317 g/mol. The summed E-state index contributed by atoms with van der Waals surface area (Å²) in [5.74, 6) is -0.759. The van der Waals surface area contributed by atoms with Crippen LogP contribution in [-0.2, 0) is 11.3 Å². The number of carbonyl (C=O) groups is 1. The zero-order valence-corrected chi connectivity index (χ0v) is 13.6. The van der Waals surface area contributed by atoms with Crippen LogP contribution in [0.3, 0.4) is 0 Å². The van der Waals surface area contributed by atoms with Crippen molar-refractivity contribution in [3.63, 3.8) is 0 Å². The lowest BCUT2D eigenvalue weighted by Crippen LogP contribution is -2.31. The molecule has 0 aliphatic heterocycles. The third kappa shape index (κ3) is 4.62. The monoisotopic (exact) mass is 317 g/mol. The molecule has 0 saturated heterocycles. The predicted molar refractivity (Wildman–Crippen MR) is 88.2 cm³/mol. The molecule has 1 amide bonds. The van der Waals surface area contributed by atoms with E-state index in [9.17, 15) is 13.6 Å². The van der Waals surface area contributed by atoms with Crippen molar-refractivity contribution < 1.29 is 13.6 Å². The van der Waals surface area contributed by atoms with Gasteiger partial charge in [-0.2, -0.15) is 0 Å². The van der Waals surface area contributed by atoms with Crippen molar-refractivity contribution in [1.82, 2.24) is 0 Å². The molecule has 4 heteroatoms. The number of aryl methyl sites for hydroxylation is 1. The Morgan fingerprint density at radius 3 is 2.48 bits per heavy atom. The van der Waals surface area contributed by atoms with Gasteiger partial charge >= 0.3 is 0 Å². The van der Waals surface area contributed by atoms with Crippen LogP contribution in [0.2, 0.25) is 0 Å². The van der Waals surface area contributed by atoms with Gasteiger partial charge in [0.25, 0.3) is 0 Å². The third-order valence-electron chi connectivity index (χ3n) is 3.54. The number of anilines is 1. The number of nitrogens with zero attached hydrogens (tertiary/aromatic N) is 1. The number of halogens is 2. The van der Waals surface area contributed by atoms with Crippen molar-refractivity contribution in [2.45, 2.75) is 33.7 Å². The van der Waals surface area contributed by atoms with E-state index in [0.717, 1.165) is 5.56 Å². The molecule has 2 rings (SSSR count). The van der Waals surface area contributed by atoms with E-state index in [-0.39, 0.29) is 24.2 Å². The highest BCUT2D eigenvalue weighted by molar-refractivity contribution is 5.93. The molecule has 23 heavy (non-hydrogen) atoms. The minimum atomic E-state index is -0.422. The molecule has 0 aliphatic carbocycles. The first-order valence-corrected chi connectivity index (χ1v) is 7.67. The van der Waals surface area contributed by atoms with Crippen LogP contribution in [-0.4, -0.2) is 5.91 Å². The van der Waals surface area contributed by atoms with Crippen LogP contribution in [0.15, 0.2) is 42.5 Å². The van der Waals surface area contributed by atoms with Gasteiger partial charge in [-0.05, 0) is 42.7 Å². The van der Waals surface area contributed by atoms with E-state index in [2.05, 4.69) is 0 Å². The van der Waals surface area contributed by atoms with Gasteiger partial charge < -0.3 is 4.90 Å². The Hall–Kier alpha value is -2.23. The number of benzene rings is 2. The van der Waals surface area contributed by atoms with Gasteiger partial charge in [-0.1, -0.05) is 32.0 Å². The molecule has 0 aliphatic rings. The fourth-order valence-electron chi connectivity index (χ4n) is 2.38. The molecule has 0 bridgehead atoms. The molecule has 0 unspecified atom stereocenters. The van der Waals surface area contributed by atoms with Crippen molar-refractivity contribution in [3.8, 4) is 0 Å². The summed E-state index contributed by atoms with van der Waals surface area (Å²) >= 11 is 0. The van der Waals surface area contributed by atoms with E-state index in [1.807, 2.05) is 13.8 Å². The Balaban J connectivity index is 2.35. The van der Waals surface area contributed by atoms with E-state index in [1.54, 1.807) is 31.2 Å². The molecule has 0 N–H and O–H groups in total. The first kappa shape index (κ1) is 17.1. The number of carbonyl (C=O) groups excluding carboxylic acids is 1. The highest BCUT2D eigenvalue weighted by atomic mass is 19.1. The van der Waals surface area contributed by atoms with Crippen molar-refractivity contribution in [1.29, 1.82) is 0 Å². The fourth-order valence-corrected chi connectivity index (χ4v) is 2.38. The second-order valence-corrected chi connectivity index (χ2v) is 6.15. The molecule has 2 nitrogen and oxygen atoms in total. The standard InChI is InChI=1S/C19H21F2NO/c1-13(2)9-19(23)22(17-6-4-5-16(20)11-17)12-15-8-7-14(3)10-18(15)21/h4-8,10-11,13H,9,12H2,1-3H3. The summed E-state index contributed by atoms with van der Waals surface area (Å²) in [5.41, 5.74) is 1.67. The van der Waals surface area contributed by atoms with E-state index in [4.69, 9.17) is 0 Å². The second-order valence-electron chi connectivity index (χ2n) is 6.15. The van der Waals surface area contributed by atoms with Gasteiger partial charge in [-0.15, -0.1) is 0 Å². The molecule has 0 heterocycles. The van der Waals surface area contributed by atoms with Crippen molar-refractivity contribution >= 4 is 11.6 Å². The third-order valence-corrected chi connectivity index (χ3v) is 3.54. The maximum absolute atomic E-state index is 14.1. The molecule has 2 aromatic rings. The van der Waals surface area contributed by atoms with E-state index in [0.29, 0.717) is 17.7 Å². The number of hydrogen-bond acceptors (Lipinski definition) is 1. The highest BCUT2D eigenvalue weighted by Gasteiger charge is 2.19. The highest BCUT2D eigenvalue weighted by Crippen LogP contribution is 2.22. The summed E-state index contributed by atoms with van der Waals surface area (Å²) in [6.45, 7) is 5.77. The molecule has 0 aromatic heterocycles. The van der Waals surface area contributed by atoms with Crippen LogP contribution >= 0.6 is 0 Å². The molecule has 0 radical (unpaired) electrons. The summed E-state index contributed by atoms with van der Waals surface area (Å²) < 4.78 is 27.6. The molecule has 122 valence electrons. The Morgan fingerprint density at radius 1 is 1.13 bits per heavy atom. The van der Waals surface area contributed by atoms with Crippen LogP contribution in [0.25, 0.3) is 0 Å². The maximum atomic E-state index is 14.1. The van der Waals surface area contributed by atoms with Gasteiger partial charge in [0.15, 0.2) is 0 Å². The van der Waals surface area contributed by atoms with Gasteiger partial charge in [0.1, 0.15) is 11.6 Å². The predicted octanol–water partition coefficient (Wildman–Crippen LogP) is 4.85. The van der Waals surface area contributed by atoms with Gasteiger partial charge in [0, 0.05) is 17.7 Å². The first-order chi connectivity index (χ1) is 10.9. The minimum absolute atomic E-state index is 0.0844. The topological polar surface area (TPSA) is 20.3 Å². The Labute approximate surface area is 135 Å². The maximum Gasteiger partial charge on any atom is 0.227 e. The van der Waals surface area contributed by atoms with E-state index < -0.39 is 5.82 Å². The van der Waals surface area contributed by atoms with E-state index >= 15 is 0 Å². The quantitative estimate of drug-likeness (QED) is 0.772. The van der Waals surface area contributed by atoms with E-state index in [1.165, 1.54) is 23.1 Å². The lowest BCUT2D eigenvalue weighted by molar-refractivity contribution is -0.119. The molecule has 0 atom stereocenters. The van der Waals surface area contributed by atoms with Crippen molar-refractivity contribution in [2.75, 3.05) is 4.90 Å². The Kier molecular flexibility index (Phi) is 5.48. The van der Waals surface area contributed by atoms with Crippen molar-refractivity contribution in [3.05, 3.63) is 65.2 Å². The first-order valence-electron chi connectivity index (χ1n) is 7.67. The van der Waals surface area contributed by atoms with Gasteiger partial charge in [-0.3, -0.25) is 4.79 Å². The summed E-state index contributed by atoms with van der Waals surface area (Å²) in [6.07, 6.45) is 0.323. The summed E-state index contributed by atoms with van der Waals surface area (Å²) in [6, 6.07) is 10.7. The Bertz CT molecular complexity index is 698. The van der Waals surface area contributed by atoms with Gasteiger partial charge in [0.2, 0.25) is 5.91 Å². The molecule has 2 aromatic carbocycles. The van der Waals surface area contributed by atoms with Crippen LogP contribution < -0.4 is 4.90 Å². The lowest BCUT2D eigenvalue weighted by Gasteiger charge is -2.24. The van der Waals surface area contributed by atoms with Crippen LogP contribution in [0.5, 0.6) is 0 Å². The number of rotatable bonds is 5. The number of amides is 1. The lowest BCUT2D eigenvalue weighted by atomic mass is 10.1. The molecule has 0 fully saturated rings. The smallest absolute Gasteiger partial charge is 0.227 e. The Morgan fingerprint density at radius 2 is 1.87 bits per heavy atom. The summed E-state index contributed by atoms with van der Waals surface area (Å²) in [7, 11) is 0. The zero-order chi connectivity index (χ0) is 17.0. The minimum Gasteiger partial charge on any atom is -0.308 e. The van der Waals surface area contributed by atoms with Crippen LogP contribution in [0, 0.1) is 24.5 Å². The average Bonchev–Trinajstić information content (AvgIpc) is 2.45. The van der Waals surface area contributed by atoms with Crippen molar-refractivity contribution in [2.24, 2.45) is 5.92 Å². The summed E-state index contributed by atoms with van der Waals surface area (Å²) in [5, 5.41) is 0. The summed E-state index contributed by atoms with van der Waals surface area (Å²) in [4.78, 5) is 14.0. The molecular weight excluding hydrogens is 296 g/mol. The zero-order valence-electron chi connectivity index (χ0n) is 13.6. The van der Waals surface area contributed by atoms with Gasteiger partial charge in [-0.25, -0.2) is 8.78 Å². The number of hydrogen-bond donors (Lipinski definition) is 0. The largest absolute Gasteiger partial charge is 0.308 e.